The van der Waals surface area contributed by atoms with E-state index in [1.54, 1.807) is 19.2 Å². The van der Waals surface area contributed by atoms with Gasteiger partial charge in [0.2, 0.25) is 0 Å². The van der Waals surface area contributed by atoms with Crippen LogP contribution in [0.3, 0.4) is 0 Å². The Balaban J connectivity index is 2.67. The molecule has 114 valence electrons. The van der Waals surface area contributed by atoms with Gasteiger partial charge in [-0.3, -0.25) is 0 Å². The van der Waals surface area contributed by atoms with Crippen molar-refractivity contribution in [3.8, 4) is 5.75 Å². The molecule has 0 radical (unpaired) electrons. The highest BCUT2D eigenvalue weighted by molar-refractivity contribution is 6.43. The van der Waals surface area contributed by atoms with E-state index >= 15 is 0 Å². The van der Waals surface area contributed by atoms with Crippen LogP contribution in [-0.2, 0) is 4.74 Å². The largest absolute Gasteiger partial charge is 0.485 e. The highest BCUT2D eigenvalue weighted by atomic mass is 35.5. The Morgan fingerprint density at radius 1 is 1.05 bits per heavy atom. The van der Waals surface area contributed by atoms with Crippen molar-refractivity contribution in [1.82, 2.24) is 5.32 Å². The van der Waals surface area contributed by atoms with Crippen molar-refractivity contribution in [3.05, 3.63) is 27.2 Å². The number of hydrogen-bond donors (Lipinski definition) is 1. The maximum atomic E-state index is 6.10. The van der Waals surface area contributed by atoms with E-state index in [0.717, 1.165) is 6.54 Å². The summed E-state index contributed by atoms with van der Waals surface area (Å²) in [5.74, 6) is 1.08. The minimum absolute atomic E-state index is 0.145. The zero-order valence-corrected chi connectivity index (χ0v) is 14.1. The summed E-state index contributed by atoms with van der Waals surface area (Å²) in [6.45, 7) is 6.34. The maximum Gasteiger partial charge on any atom is 0.140 e. The Bertz CT molecular complexity index is 427. The van der Waals surface area contributed by atoms with Crippen LogP contribution >= 0.6 is 34.8 Å². The van der Waals surface area contributed by atoms with Crippen LogP contribution in [0.1, 0.15) is 13.8 Å². The van der Waals surface area contributed by atoms with E-state index in [1.807, 2.05) is 0 Å². The lowest BCUT2D eigenvalue weighted by Gasteiger charge is -2.20. The molecule has 0 amide bonds. The van der Waals surface area contributed by atoms with Crippen molar-refractivity contribution in [2.24, 2.45) is 5.92 Å². The molecule has 6 heteroatoms. The topological polar surface area (TPSA) is 30.5 Å². The van der Waals surface area contributed by atoms with Crippen LogP contribution in [0.2, 0.25) is 15.1 Å². The van der Waals surface area contributed by atoms with Gasteiger partial charge in [0.1, 0.15) is 11.9 Å². The van der Waals surface area contributed by atoms with E-state index < -0.39 is 0 Å². The van der Waals surface area contributed by atoms with Crippen molar-refractivity contribution >= 4 is 34.8 Å². The summed E-state index contributed by atoms with van der Waals surface area (Å²) < 4.78 is 11.0. The minimum Gasteiger partial charge on any atom is -0.485 e. The van der Waals surface area contributed by atoms with Gasteiger partial charge in [-0.15, -0.1) is 0 Å². The van der Waals surface area contributed by atoms with E-state index in [4.69, 9.17) is 44.3 Å². The molecule has 1 aromatic carbocycles. The Morgan fingerprint density at radius 2 is 1.70 bits per heavy atom. The molecule has 0 aromatic heterocycles. The number of nitrogens with one attached hydrogen (secondary N) is 1. The first kappa shape index (κ1) is 17.9. The normalized spacial score (nSPS) is 12.8. The molecule has 1 rings (SSSR count). The SMILES string of the molecule is COCC(CNCC(C)C)Oc1cc(Cl)c(Cl)cc1Cl. The predicted octanol–water partition coefficient (Wildman–Crippen LogP) is 4.29. The second kappa shape index (κ2) is 8.96. The Labute approximate surface area is 135 Å². The second-order valence-corrected chi connectivity index (χ2v) is 6.17. The summed E-state index contributed by atoms with van der Waals surface area (Å²) >= 11 is 18.0. The Kier molecular flexibility index (Phi) is 8.00. The number of methoxy groups -OCH3 is 1. The first-order valence-electron chi connectivity index (χ1n) is 6.44. The van der Waals surface area contributed by atoms with Gasteiger partial charge >= 0.3 is 0 Å². The fourth-order valence-corrected chi connectivity index (χ4v) is 2.21. The molecule has 0 aliphatic heterocycles. The average molecular weight is 341 g/mol. The summed E-state index contributed by atoms with van der Waals surface area (Å²) in [5, 5.41) is 4.58. The highest BCUT2D eigenvalue weighted by Gasteiger charge is 2.14. The molecule has 1 unspecified atom stereocenters. The molecule has 1 aromatic rings. The summed E-state index contributed by atoms with van der Waals surface area (Å²) in [7, 11) is 1.63. The van der Waals surface area contributed by atoms with Crippen molar-refractivity contribution in [1.29, 1.82) is 0 Å². The van der Waals surface area contributed by atoms with Crippen LogP contribution in [0.4, 0.5) is 0 Å². The number of halogens is 3. The standard InChI is InChI=1S/C14H20Cl3NO2/c1-9(2)6-18-7-10(8-19-3)20-14-5-12(16)11(15)4-13(14)17/h4-5,9-10,18H,6-8H2,1-3H3. The molecule has 0 fully saturated rings. The maximum absolute atomic E-state index is 6.10. The zero-order chi connectivity index (χ0) is 15.1. The van der Waals surface area contributed by atoms with Gasteiger partial charge in [0.05, 0.1) is 21.7 Å². The summed E-state index contributed by atoms with van der Waals surface area (Å²) in [6, 6.07) is 3.20. The number of ether oxygens (including phenoxy) is 2. The molecule has 3 nitrogen and oxygen atoms in total. The molecule has 1 atom stereocenters. The van der Waals surface area contributed by atoms with Gasteiger partial charge < -0.3 is 14.8 Å². The van der Waals surface area contributed by atoms with Crippen LogP contribution in [0.15, 0.2) is 12.1 Å². The van der Waals surface area contributed by atoms with E-state index in [2.05, 4.69) is 19.2 Å². The molecular formula is C14H20Cl3NO2. The van der Waals surface area contributed by atoms with E-state index in [1.165, 1.54) is 0 Å². The molecule has 1 N–H and O–H groups in total. The third kappa shape index (κ3) is 6.06. The summed E-state index contributed by atoms with van der Waals surface area (Å²) in [5.41, 5.74) is 0. The molecule has 0 spiro atoms. The van der Waals surface area contributed by atoms with Gasteiger partial charge in [0.25, 0.3) is 0 Å². The van der Waals surface area contributed by atoms with Gasteiger partial charge in [-0.2, -0.15) is 0 Å². The van der Waals surface area contributed by atoms with Crippen LogP contribution in [0.25, 0.3) is 0 Å². The van der Waals surface area contributed by atoms with Gasteiger partial charge in [-0.1, -0.05) is 48.7 Å². The minimum atomic E-state index is -0.145. The smallest absolute Gasteiger partial charge is 0.140 e. The molecule has 0 aliphatic carbocycles. The van der Waals surface area contributed by atoms with E-state index in [9.17, 15) is 0 Å². The third-order valence-corrected chi connectivity index (χ3v) is 3.56. The lowest BCUT2D eigenvalue weighted by atomic mass is 10.2. The molecule has 0 heterocycles. The van der Waals surface area contributed by atoms with E-state index in [-0.39, 0.29) is 6.10 Å². The second-order valence-electron chi connectivity index (χ2n) is 4.94. The van der Waals surface area contributed by atoms with Crippen molar-refractivity contribution in [3.63, 3.8) is 0 Å². The lowest BCUT2D eigenvalue weighted by molar-refractivity contribution is 0.0803. The Morgan fingerprint density at radius 3 is 2.30 bits per heavy atom. The van der Waals surface area contributed by atoms with Crippen LogP contribution in [-0.4, -0.2) is 32.9 Å². The molecule has 0 bridgehead atoms. The molecular weight excluding hydrogens is 321 g/mol. The van der Waals surface area contributed by atoms with Gasteiger partial charge in [0, 0.05) is 19.7 Å². The fourth-order valence-electron chi connectivity index (χ4n) is 1.63. The molecule has 0 saturated heterocycles. The molecule has 20 heavy (non-hydrogen) atoms. The number of hydrogen-bond acceptors (Lipinski definition) is 3. The number of benzene rings is 1. The van der Waals surface area contributed by atoms with Crippen LogP contribution < -0.4 is 10.1 Å². The predicted molar refractivity (Wildman–Crippen MR) is 85.5 cm³/mol. The van der Waals surface area contributed by atoms with Crippen molar-refractivity contribution < 1.29 is 9.47 Å². The van der Waals surface area contributed by atoms with Gasteiger partial charge in [-0.25, -0.2) is 0 Å². The van der Waals surface area contributed by atoms with E-state index in [0.29, 0.717) is 39.9 Å². The van der Waals surface area contributed by atoms with Gasteiger partial charge in [0.15, 0.2) is 0 Å². The fraction of sp³-hybridized carbons (Fsp3) is 0.571. The van der Waals surface area contributed by atoms with Crippen LogP contribution in [0, 0.1) is 5.92 Å². The lowest BCUT2D eigenvalue weighted by Crippen LogP contribution is -2.36. The monoisotopic (exact) mass is 339 g/mol. The quantitative estimate of drug-likeness (QED) is 0.716. The number of rotatable bonds is 8. The first-order valence-corrected chi connectivity index (χ1v) is 7.58. The molecule has 0 aliphatic rings. The van der Waals surface area contributed by atoms with Gasteiger partial charge in [-0.05, 0) is 18.5 Å². The highest BCUT2D eigenvalue weighted by Crippen LogP contribution is 2.34. The Hall–Kier alpha value is -0.190. The molecule has 0 saturated carbocycles. The average Bonchev–Trinajstić information content (AvgIpc) is 2.35. The third-order valence-electron chi connectivity index (χ3n) is 2.55. The summed E-state index contributed by atoms with van der Waals surface area (Å²) in [4.78, 5) is 0. The zero-order valence-electron chi connectivity index (χ0n) is 11.9. The summed E-state index contributed by atoms with van der Waals surface area (Å²) in [6.07, 6.45) is -0.145. The van der Waals surface area contributed by atoms with Crippen LogP contribution in [0.5, 0.6) is 5.75 Å². The first-order chi connectivity index (χ1) is 9.43. The van der Waals surface area contributed by atoms with Crippen molar-refractivity contribution in [2.45, 2.75) is 20.0 Å². The van der Waals surface area contributed by atoms with Crippen molar-refractivity contribution in [2.75, 3.05) is 26.8 Å².